The lowest BCUT2D eigenvalue weighted by atomic mass is 10.2. The van der Waals surface area contributed by atoms with Crippen LogP contribution in [0.3, 0.4) is 0 Å². The predicted molar refractivity (Wildman–Crippen MR) is 60.9 cm³/mol. The highest BCUT2D eigenvalue weighted by Crippen LogP contribution is 2.19. The summed E-state index contributed by atoms with van der Waals surface area (Å²) in [5, 5.41) is 12.3. The maximum absolute atomic E-state index is 13.0. The maximum Gasteiger partial charge on any atom is 0.339 e. The number of carboxylic acids is 1. The highest BCUT2D eigenvalue weighted by Gasteiger charge is 2.19. The Labute approximate surface area is 98.3 Å². The summed E-state index contributed by atoms with van der Waals surface area (Å²) in [6.45, 7) is 3.09. The third-order valence-corrected chi connectivity index (χ3v) is 2.70. The molecule has 1 saturated heterocycles. The minimum atomic E-state index is -1.15. The van der Waals surface area contributed by atoms with Gasteiger partial charge in [0.05, 0.1) is 6.20 Å². The van der Waals surface area contributed by atoms with E-state index >= 15 is 0 Å². The van der Waals surface area contributed by atoms with Crippen molar-refractivity contribution in [1.29, 1.82) is 0 Å². The average Bonchev–Trinajstić information content (AvgIpc) is 2.57. The van der Waals surface area contributed by atoms with Crippen LogP contribution in [-0.2, 0) is 0 Å². The Kier molecular flexibility index (Phi) is 3.53. The molecule has 0 atom stereocenters. The molecule has 5 nitrogen and oxygen atoms in total. The first kappa shape index (κ1) is 11.8. The molecule has 1 aromatic rings. The number of nitrogens with one attached hydrogen (secondary N) is 1. The van der Waals surface area contributed by atoms with Crippen LogP contribution in [0, 0.1) is 5.82 Å². The van der Waals surface area contributed by atoms with Crippen molar-refractivity contribution in [2.45, 2.75) is 6.42 Å². The van der Waals surface area contributed by atoms with Gasteiger partial charge in [-0.05, 0) is 19.0 Å². The average molecular weight is 239 g/mol. The number of carbonyl (C=O) groups is 1. The SMILES string of the molecule is O=C(O)c1cc(F)cnc1N1CCCNCC1. The van der Waals surface area contributed by atoms with E-state index in [4.69, 9.17) is 5.11 Å². The minimum Gasteiger partial charge on any atom is -0.478 e. The van der Waals surface area contributed by atoms with Crippen molar-refractivity contribution in [3.63, 3.8) is 0 Å². The molecular formula is C11H14FN3O2. The van der Waals surface area contributed by atoms with Crippen LogP contribution in [0.15, 0.2) is 12.3 Å². The van der Waals surface area contributed by atoms with E-state index in [9.17, 15) is 9.18 Å². The zero-order chi connectivity index (χ0) is 12.3. The quantitative estimate of drug-likeness (QED) is 0.796. The fourth-order valence-corrected chi connectivity index (χ4v) is 1.90. The van der Waals surface area contributed by atoms with Gasteiger partial charge in [0.2, 0.25) is 0 Å². The number of hydrogen-bond acceptors (Lipinski definition) is 4. The van der Waals surface area contributed by atoms with Gasteiger partial charge in [0, 0.05) is 19.6 Å². The van der Waals surface area contributed by atoms with Gasteiger partial charge in [-0.1, -0.05) is 0 Å². The molecule has 0 aromatic carbocycles. The van der Waals surface area contributed by atoms with Gasteiger partial charge < -0.3 is 15.3 Å². The van der Waals surface area contributed by atoms with Crippen molar-refractivity contribution < 1.29 is 14.3 Å². The number of pyridine rings is 1. The van der Waals surface area contributed by atoms with Gasteiger partial charge in [0.25, 0.3) is 0 Å². The van der Waals surface area contributed by atoms with Gasteiger partial charge in [-0.25, -0.2) is 14.2 Å². The third kappa shape index (κ3) is 2.71. The molecule has 1 aliphatic rings. The van der Waals surface area contributed by atoms with Crippen LogP contribution in [0.25, 0.3) is 0 Å². The lowest BCUT2D eigenvalue weighted by Crippen LogP contribution is -2.30. The van der Waals surface area contributed by atoms with Crippen LogP contribution in [0.1, 0.15) is 16.8 Å². The van der Waals surface area contributed by atoms with Crippen molar-refractivity contribution in [3.8, 4) is 0 Å². The van der Waals surface area contributed by atoms with E-state index in [2.05, 4.69) is 10.3 Å². The van der Waals surface area contributed by atoms with E-state index in [-0.39, 0.29) is 5.56 Å². The number of halogens is 1. The summed E-state index contributed by atoms with van der Waals surface area (Å²) in [4.78, 5) is 16.8. The van der Waals surface area contributed by atoms with Crippen LogP contribution >= 0.6 is 0 Å². The van der Waals surface area contributed by atoms with Crippen molar-refractivity contribution in [1.82, 2.24) is 10.3 Å². The normalized spacial score (nSPS) is 16.6. The van der Waals surface area contributed by atoms with E-state index in [1.807, 2.05) is 4.90 Å². The fraction of sp³-hybridized carbons (Fsp3) is 0.455. The lowest BCUT2D eigenvalue weighted by Gasteiger charge is -2.22. The molecule has 0 saturated carbocycles. The standard InChI is InChI=1S/C11H14FN3O2/c12-8-6-9(11(16)17)10(14-7-8)15-4-1-2-13-3-5-15/h6-7,13H,1-5H2,(H,16,17). The Balaban J connectivity index is 2.32. The Morgan fingerprint density at radius 2 is 2.29 bits per heavy atom. The number of hydrogen-bond donors (Lipinski definition) is 2. The second-order valence-corrected chi connectivity index (χ2v) is 3.92. The van der Waals surface area contributed by atoms with Gasteiger partial charge in [-0.3, -0.25) is 0 Å². The van der Waals surface area contributed by atoms with Crippen LogP contribution in [-0.4, -0.2) is 42.2 Å². The molecule has 0 aliphatic carbocycles. The summed E-state index contributed by atoms with van der Waals surface area (Å²) in [6.07, 6.45) is 1.97. The summed E-state index contributed by atoms with van der Waals surface area (Å²) in [5.41, 5.74) is -0.0769. The monoisotopic (exact) mass is 239 g/mol. The molecule has 17 heavy (non-hydrogen) atoms. The van der Waals surface area contributed by atoms with E-state index in [0.717, 1.165) is 38.3 Å². The zero-order valence-corrected chi connectivity index (χ0v) is 9.32. The minimum absolute atomic E-state index is 0.0769. The number of nitrogens with zero attached hydrogens (tertiary/aromatic N) is 2. The number of anilines is 1. The van der Waals surface area contributed by atoms with E-state index in [1.165, 1.54) is 0 Å². The predicted octanol–water partition coefficient (Wildman–Crippen LogP) is 0.719. The molecule has 0 spiro atoms. The molecule has 2 rings (SSSR count). The molecule has 0 radical (unpaired) electrons. The molecule has 2 N–H and O–H groups in total. The number of aromatic nitrogens is 1. The van der Waals surface area contributed by atoms with E-state index < -0.39 is 11.8 Å². The number of rotatable bonds is 2. The number of aromatic carboxylic acids is 1. The largest absolute Gasteiger partial charge is 0.478 e. The highest BCUT2D eigenvalue weighted by atomic mass is 19.1. The molecule has 0 amide bonds. The molecule has 1 fully saturated rings. The topological polar surface area (TPSA) is 65.5 Å². The molecule has 1 aliphatic heterocycles. The first-order valence-corrected chi connectivity index (χ1v) is 5.53. The molecule has 2 heterocycles. The summed E-state index contributed by atoms with van der Waals surface area (Å²) in [5.74, 6) is -1.43. The van der Waals surface area contributed by atoms with Crippen molar-refractivity contribution in [2.75, 3.05) is 31.1 Å². The molecule has 0 unspecified atom stereocenters. The Morgan fingerprint density at radius 3 is 3.06 bits per heavy atom. The second kappa shape index (κ2) is 5.09. The zero-order valence-electron chi connectivity index (χ0n) is 9.32. The van der Waals surface area contributed by atoms with Crippen LogP contribution in [0.2, 0.25) is 0 Å². The van der Waals surface area contributed by atoms with Gasteiger partial charge in [0.1, 0.15) is 17.2 Å². The maximum atomic E-state index is 13.0. The Morgan fingerprint density at radius 1 is 1.47 bits per heavy atom. The lowest BCUT2D eigenvalue weighted by molar-refractivity contribution is 0.0696. The summed E-state index contributed by atoms with van der Waals surface area (Å²) >= 11 is 0. The smallest absolute Gasteiger partial charge is 0.339 e. The summed E-state index contributed by atoms with van der Waals surface area (Å²) < 4.78 is 13.0. The Bertz CT molecular complexity index is 417. The van der Waals surface area contributed by atoms with Crippen molar-refractivity contribution in [2.24, 2.45) is 0 Å². The number of carboxylic acid groups (broad SMARTS) is 1. The summed E-state index contributed by atoms with van der Waals surface area (Å²) in [7, 11) is 0. The third-order valence-electron chi connectivity index (χ3n) is 2.70. The summed E-state index contributed by atoms with van der Waals surface area (Å²) in [6, 6.07) is 1.02. The first-order valence-electron chi connectivity index (χ1n) is 5.53. The molecule has 1 aromatic heterocycles. The molecule has 0 bridgehead atoms. The van der Waals surface area contributed by atoms with Gasteiger partial charge in [-0.15, -0.1) is 0 Å². The fourth-order valence-electron chi connectivity index (χ4n) is 1.90. The van der Waals surface area contributed by atoms with E-state index in [1.54, 1.807) is 0 Å². The van der Waals surface area contributed by atoms with E-state index in [0.29, 0.717) is 12.4 Å². The Hall–Kier alpha value is -1.69. The van der Waals surface area contributed by atoms with Crippen molar-refractivity contribution >= 4 is 11.8 Å². The van der Waals surface area contributed by atoms with Gasteiger partial charge in [-0.2, -0.15) is 0 Å². The van der Waals surface area contributed by atoms with Crippen LogP contribution in [0.5, 0.6) is 0 Å². The second-order valence-electron chi connectivity index (χ2n) is 3.92. The van der Waals surface area contributed by atoms with Crippen LogP contribution < -0.4 is 10.2 Å². The highest BCUT2D eigenvalue weighted by molar-refractivity contribution is 5.93. The van der Waals surface area contributed by atoms with Gasteiger partial charge in [0.15, 0.2) is 0 Å². The molecular weight excluding hydrogens is 225 g/mol. The first-order chi connectivity index (χ1) is 8.18. The van der Waals surface area contributed by atoms with Crippen LogP contribution in [0.4, 0.5) is 10.2 Å². The molecule has 92 valence electrons. The van der Waals surface area contributed by atoms with Gasteiger partial charge >= 0.3 is 5.97 Å². The van der Waals surface area contributed by atoms with Crippen molar-refractivity contribution in [3.05, 3.63) is 23.6 Å². The molecule has 6 heteroatoms.